The average Bonchev–Trinajstić information content (AvgIpc) is 2.52. The number of amides is 1. The second kappa shape index (κ2) is 6.12. The van der Waals surface area contributed by atoms with E-state index in [0.717, 1.165) is 0 Å². The molecular weight excluding hydrogens is 288 g/mol. The van der Waals surface area contributed by atoms with Gasteiger partial charge >= 0.3 is 0 Å². The molecule has 8 heteroatoms. The van der Waals surface area contributed by atoms with E-state index in [9.17, 15) is 14.4 Å². The van der Waals surface area contributed by atoms with Crippen molar-refractivity contribution in [3.8, 4) is 0 Å². The predicted octanol–water partition coefficient (Wildman–Crippen LogP) is -0.513. The highest BCUT2D eigenvalue weighted by molar-refractivity contribution is 6.02. The van der Waals surface area contributed by atoms with Crippen LogP contribution in [0.3, 0.4) is 0 Å². The van der Waals surface area contributed by atoms with E-state index in [2.05, 4.69) is 15.5 Å². The molecule has 116 valence electrons. The van der Waals surface area contributed by atoms with Crippen LogP contribution in [0.4, 0.5) is 5.69 Å². The Morgan fingerprint density at radius 3 is 2.68 bits per heavy atom. The van der Waals surface area contributed by atoms with Gasteiger partial charge in [-0.15, -0.1) is 0 Å². The highest BCUT2D eigenvalue weighted by Crippen LogP contribution is 2.16. The maximum atomic E-state index is 12.1. The summed E-state index contributed by atoms with van der Waals surface area (Å²) in [4.78, 5) is 37.7. The maximum Gasteiger partial charge on any atom is 0.272 e. The molecule has 0 spiro atoms. The highest BCUT2D eigenvalue weighted by Gasteiger charge is 2.16. The van der Waals surface area contributed by atoms with Gasteiger partial charge in [-0.3, -0.25) is 29.5 Å². The van der Waals surface area contributed by atoms with Crippen molar-refractivity contribution < 1.29 is 9.53 Å². The van der Waals surface area contributed by atoms with Crippen LogP contribution in [-0.2, 0) is 9.53 Å². The zero-order valence-corrected chi connectivity index (χ0v) is 11.8. The summed E-state index contributed by atoms with van der Waals surface area (Å²) in [5.74, 6) is -0.228. The third kappa shape index (κ3) is 2.92. The summed E-state index contributed by atoms with van der Waals surface area (Å²) in [6.45, 7) is 2.83. The summed E-state index contributed by atoms with van der Waals surface area (Å²) in [5, 5.41) is 7.66. The van der Waals surface area contributed by atoms with Gasteiger partial charge in [0.05, 0.1) is 36.2 Å². The molecule has 1 aliphatic heterocycles. The summed E-state index contributed by atoms with van der Waals surface area (Å²) in [6.07, 6.45) is 0. The number of carbonyl (C=O) groups is 1. The lowest BCUT2D eigenvalue weighted by Crippen LogP contribution is -2.41. The number of aromatic nitrogens is 2. The van der Waals surface area contributed by atoms with Crippen molar-refractivity contribution in [2.24, 2.45) is 0 Å². The second-order valence-corrected chi connectivity index (χ2v) is 5.07. The number of hydrogen-bond donors (Lipinski definition) is 3. The summed E-state index contributed by atoms with van der Waals surface area (Å²) >= 11 is 0. The molecule has 0 radical (unpaired) electrons. The van der Waals surface area contributed by atoms with Crippen LogP contribution >= 0.6 is 0 Å². The molecule has 0 saturated carbocycles. The van der Waals surface area contributed by atoms with Crippen molar-refractivity contribution in [3.05, 3.63) is 38.9 Å². The van der Waals surface area contributed by atoms with Gasteiger partial charge in [-0.1, -0.05) is 6.07 Å². The number of anilines is 1. The smallest absolute Gasteiger partial charge is 0.272 e. The summed E-state index contributed by atoms with van der Waals surface area (Å²) < 4.78 is 5.23. The number of hydrogen-bond acceptors (Lipinski definition) is 5. The summed E-state index contributed by atoms with van der Waals surface area (Å²) in [6, 6.07) is 4.77. The lowest BCUT2D eigenvalue weighted by Gasteiger charge is -2.25. The molecule has 0 bridgehead atoms. The van der Waals surface area contributed by atoms with E-state index >= 15 is 0 Å². The van der Waals surface area contributed by atoms with Crippen LogP contribution in [0.25, 0.3) is 10.8 Å². The molecule has 1 aromatic heterocycles. The van der Waals surface area contributed by atoms with Crippen molar-refractivity contribution in [1.29, 1.82) is 0 Å². The van der Waals surface area contributed by atoms with Crippen molar-refractivity contribution in [1.82, 2.24) is 15.1 Å². The Morgan fingerprint density at radius 1 is 1.18 bits per heavy atom. The standard InChI is InChI=1S/C14H16N4O4/c19-11(8-18-4-6-22-7-5-18)15-10-3-1-2-9-12(10)14(21)17-16-13(9)20/h1-3H,4-8H2,(H,15,19)(H,16,20)(H,17,21). The highest BCUT2D eigenvalue weighted by atomic mass is 16.5. The molecule has 0 aliphatic carbocycles. The number of morpholine rings is 1. The SMILES string of the molecule is O=C(CN1CCOCC1)Nc1cccc2c(=O)[nH][nH]c(=O)c12. The fourth-order valence-corrected chi connectivity index (χ4v) is 2.49. The van der Waals surface area contributed by atoms with Gasteiger partial charge in [0.2, 0.25) is 5.91 Å². The van der Waals surface area contributed by atoms with E-state index in [1.165, 1.54) is 0 Å². The third-order valence-electron chi connectivity index (χ3n) is 3.57. The Kier molecular flexibility index (Phi) is 4.03. The Bertz CT molecular complexity index is 804. The Morgan fingerprint density at radius 2 is 1.91 bits per heavy atom. The van der Waals surface area contributed by atoms with Crippen LogP contribution in [0.5, 0.6) is 0 Å². The lowest BCUT2D eigenvalue weighted by molar-refractivity contribution is -0.118. The van der Waals surface area contributed by atoms with Gasteiger partial charge in [0.15, 0.2) is 0 Å². The van der Waals surface area contributed by atoms with Crippen molar-refractivity contribution in [3.63, 3.8) is 0 Å². The number of aromatic amines is 2. The normalized spacial score (nSPS) is 15.8. The zero-order chi connectivity index (χ0) is 15.5. The molecule has 3 rings (SSSR count). The van der Waals surface area contributed by atoms with Crippen LogP contribution in [0.15, 0.2) is 27.8 Å². The van der Waals surface area contributed by atoms with Crippen LogP contribution in [-0.4, -0.2) is 53.9 Å². The molecule has 2 heterocycles. The van der Waals surface area contributed by atoms with Gasteiger partial charge in [-0.05, 0) is 12.1 Å². The van der Waals surface area contributed by atoms with Gasteiger partial charge in [-0.2, -0.15) is 0 Å². The second-order valence-electron chi connectivity index (χ2n) is 5.07. The molecule has 3 N–H and O–H groups in total. The third-order valence-corrected chi connectivity index (χ3v) is 3.57. The Balaban J connectivity index is 1.84. The fraction of sp³-hybridized carbons (Fsp3) is 0.357. The Hall–Kier alpha value is -2.45. The number of rotatable bonds is 3. The van der Waals surface area contributed by atoms with E-state index in [1.54, 1.807) is 18.2 Å². The number of carbonyl (C=O) groups excluding carboxylic acids is 1. The molecule has 1 saturated heterocycles. The van der Waals surface area contributed by atoms with Crippen LogP contribution in [0.2, 0.25) is 0 Å². The summed E-state index contributed by atoms with van der Waals surface area (Å²) in [5.41, 5.74) is -0.515. The van der Waals surface area contributed by atoms with Gasteiger partial charge in [0.25, 0.3) is 11.1 Å². The number of nitrogens with zero attached hydrogens (tertiary/aromatic N) is 1. The summed E-state index contributed by atoms with van der Waals surface area (Å²) in [7, 11) is 0. The molecule has 1 aliphatic rings. The monoisotopic (exact) mass is 304 g/mol. The lowest BCUT2D eigenvalue weighted by atomic mass is 10.1. The van der Waals surface area contributed by atoms with E-state index in [-0.39, 0.29) is 23.2 Å². The number of ether oxygens (including phenoxy) is 1. The van der Waals surface area contributed by atoms with Crippen LogP contribution in [0, 0.1) is 0 Å². The molecule has 0 unspecified atom stereocenters. The van der Waals surface area contributed by atoms with Crippen molar-refractivity contribution in [2.45, 2.75) is 0 Å². The maximum absolute atomic E-state index is 12.1. The number of fused-ring (bicyclic) bond motifs is 1. The molecule has 22 heavy (non-hydrogen) atoms. The largest absolute Gasteiger partial charge is 0.379 e. The van der Waals surface area contributed by atoms with Crippen LogP contribution < -0.4 is 16.4 Å². The molecule has 1 aromatic carbocycles. The zero-order valence-electron chi connectivity index (χ0n) is 11.8. The number of nitrogens with one attached hydrogen (secondary N) is 3. The minimum atomic E-state index is -0.447. The van der Waals surface area contributed by atoms with E-state index in [0.29, 0.717) is 32.0 Å². The molecular formula is C14H16N4O4. The number of H-pyrrole nitrogens is 2. The van der Waals surface area contributed by atoms with E-state index < -0.39 is 11.1 Å². The van der Waals surface area contributed by atoms with Gasteiger partial charge in [-0.25, -0.2) is 0 Å². The minimum Gasteiger partial charge on any atom is -0.379 e. The average molecular weight is 304 g/mol. The number of benzene rings is 1. The first-order valence-electron chi connectivity index (χ1n) is 6.99. The van der Waals surface area contributed by atoms with Gasteiger partial charge in [0.1, 0.15) is 0 Å². The minimum absolute atomic E-state index is 0.182. The van der Waals surface area contributed by atoms with E-state index in [1.807, 2.05) is 4.90 Å². The fourth-order valence-electron chi connectivity index (χ4n) is 2.49. The quantitative estimate of drug-likeness (QED) is 0.708. The van der Waals surface area contributed by atoms with E-state index in [4.69, 9.17) is 4.74 Å². The first kappa shape index (κ1) is 14.5. The first-order valence-corrected chi connectivity index (χ1v) is 6.99. The molecule has 8 nitrogen and oxygen atoms in total. The van der Waals surface area contributed by atoms with Gasteiger partial charge in [0, 0.05) is 13.1 Å². The predicted molar refractivity (Wildman–Crippen MR) is 81.1 cm³/mol. The molecule has 2 aromatic rings. The van der Waals surface area contributed by atoms with Crippen LogP contribution in [0.1, 0.15) is 0 Å². The van der Waals surface area contributed by atoms with Crippen molar-refractivity contribution in [2.75, 3.05) is 38.2 Å². The van der Waals surface area contributed by atoms with Gasteiger partial charge < -0.3 is 10.1 Å². The molecule has 1 fully saturated rings. The Labute approximate surface area is 125 Å². The first-order chi connectivity index (χ1) is 10.6. The van der Waals surface area contributed by atoms with Crippen molar-refractivity contribution >= 4 is 22.4 Å². The topological polar surface area (TPSA) is 107 Å². The molecule has 0 atom stereocenters. The molecule has 1 amide bonds.